The molecule has 1 aliphatic rings. The number of piperidine rings is 1. The lowest BCUT2D eigenvalue weighted by atomic mass is 9.97. The SMILES string of the molecule is Cc1cc(COC(=O)C2CCN(C(=O)/C=C/c3ccccc3)CC2)on1. The molecule has 3 rings (SSSR count). The summed E-state index contributed by atoms with van der Waals surface area (Å²) < 4.78 is 10.3. The van der Waals surface area contributed by atoms with Gasteiger partial charge in [-0.25, -0.2) is 0 Å². The highest BCUT2D eigenvalue weighted by Gasteiger charge is 2.27. The van der Waals surface area contributed by atoms with Gasteiger partial charge in [-0.2, -0.15) is 0 Å². The third-order valence-electron chi connectivity index (χ3n) is 4.39. The van der Waals surface area contributed by atoms with E-state index in [0.717, 1.165) is 11.3 Å². The second-order valence-electron chi connectivity index (χ2n) is 6.39. The van der Waals surface area contributed by atoms with Gasteiger partial charge in [-0.15, -0.1) is 0 Å². The van der Waals surface area contributed by atoms with Crippen molar-refractivity contribution >= 4 is 18.0 Å². The lowest BCUT2D eigenvalue weighted by molar-refractivity contribution is -0.153. The van der Waals surface area contributed by atoms with E-state index in [-0.39, 0.29) is 24.4 Å². The van der Waals surface area contributed by atoms with E-state index in [1.807, 2.05) is 43.3 Å². The van der Waals surface area contributed by atoms with Crippen LogP contribution in [0.3, 0.4) is 0 Å². The van der Waals surface area contributed by atoms with Crippen molar-refractivity contribution in [2.75, 3.05) is 13.1 Å². The molecule has 26 heavy (non-hydrogen) atoms. The van der Waals surface area contributed by atoms with E-state index in [4.69, 9.17) is 9.26 Å². The maximum absolute atomic E-state index is 12.3. The molecule has 2 heterocycles. The first-order chi connectivity index (χ1) is 12.6. The van der Waals surface area contributed by atoms with Crippen molar-refractivity contribution in [2.24, 2.45) is 5.92 Å². The van der Waals surface area contributed by atoms with Crippen molar-refractivity contribution < 1.29 is 18.8 Å². The molecule has 0 N–H and O–H groups in total. The molecule has 136 valence electrons. The molecule has 6 nitrogen and oxygen atoms in total. The predicted octanol–water partition coefficient (Wildman–Crippen LogP) is 2.98. The molecular formula is C20H22N2O4. The first kappa shape index (κ1) is 17.9. The molecule has 1 saturated heterocycles. The van der Waals surface area contributed by atoms with Crippen LogP contribution in [0.5, 0.6) is 0 Å². The normalized spacial score (nSPS) is 15.3. The van der Waals surface area contributed by atoms with Gasteiger partial charge in [0.2, 0.25) is 5.91 Å². The minimum Gasteiger partial charge on any atom is -0.457 e. The molecule has 2 aromatic rings. The number of rotatable bonds is 5. The van der Waals surface area contributed by atoms with E-state index >= 15 is 0 Å². The van der Waals surface area contributed by atoms with Crippen molar-refractivity contribution in [1.82, 2.24) is 10.1 Å². The van der Waals surface area contributed by atoms with Crippen molar-refractivity contribution in [3.8, 4) is 0 Å². The van der Waals surface area contributed by atoms with Gasteiger partial charge in [0.15, 0.2) is 12.4 Å². The highest BCUT2D eigenvalue weighted by atomic mass is 16.5. The van der Waals surface area contributed by atoms with Crippen molar-refractivity contribution in [1.29, 1.82) is 0 Å². The lowest BCUT2D eigenvalue weighted by Crippen LogP contribution is -2.39. The molecule has 0 aliphatic carbocycles. The second kappa shape index (κ2) is 8.47. The molecule has 6 heteroatoms. The number of nitrogens with zero attached hydrogens (tertiary/aromatic N) is 2. The van der Waals surface area contributed by atoms with Crippen LogP contribution in [-0.2, 0) is 20.9 Å². The maximum Gasteiger partial charge on any atom is 0.309 e. The number of benzene rings is 1. The van der Waals surface area contributed by atoms with E-state index in [1.54, 1.807) is 17.0 Å². The van der Waals surface area contributed by atoms with E-state index in [1.165, 1.54) is 0 Å². The van der Waals surface area contributed by atoms with Gasteiger partial charge in [0.05, 0.1) is 11.6 Å². The Bertz CT molecular complexity index is 774. The molecule has 1 aromatic heterocycles. The van der Waals surface area contributed by atoms with Gasteiger partial charge in [-0.3, -0.25) is 9.59 Å². The van der Waals surface area contributed by atoms with Crippen LogP contribution in [0.4, 0.5) is 0 Å². The molecule has 0 saturated carbocycles. The van der Waals surface area contributed by atoms with Crippen LogP contribution in [-0.4, -0.2) is 35.0 Å². The molecule has 0 atom stereocenters. The third-order valence-corrected chi connectivity index (χ3v) is 4.39. The fraction of sp³-hybridized carbons (Fsp3) is 0.350. The second-order valence-corrected chi connectivity index (χ2v) is 6.39. The average Bonchev–Trinajstić information content (AvgIpc) is 3.10. The van der Waals surface area contributed by atoms with Gasteiger partial charge >= 0.3 is 5.97 Å². The largest absolute Gasteiger partial charge is 0.457 e. The highest BCUT2D eigenvalue weighted by Crippen LogP contribution is 2.20. The van der Waals surface area contributed by atoms with Crippen LogP contribution in [0.15, 0.2) is 47.0 Å². The molecule has 1 aliphatic heterocycles. The van der Waals surface area contributed by atoms with Crippen LogP contribution in [0, 0.1) is 12.8 Å². The standard InChI is InChI=1S/C20H22N2O4/c1-15-13-18(26-21-15)14-25-20(24)17-9-11-22(12-10-17)19(23)8-7-16-5-3-2-4-6-16/h2-8,13,17H,9-12,14H2,1H3/b8-7+. The summed E-state index contributed by atoms with van der Waals surface area (Å²) in [5, 5.41) is 3.76. The summed E-state index contributed by atoms with van der Waals surface area (Å²) in [6, 6.07) is 11.4. The van der Waals surface area contributed by atoms with Gasteiger partial charge in [0.25, 0.3) is 0 Å². The maximum atomic E-state index is 12.3. The number of likely N-dealkylation sites (tertiary alicyclic amines) is 1. The van der Waals surface area contributed by atoms with Crippen LogP contribution in [0.2, 0.25) is 0 Å². The number of carbonyl (C=O) groups is 2. The lowest BCUT2D eigenvalue weighted by Gasteiger charge is -2.30. The summed E-state index contributed by atoms with van der Waals surface area (Å²) in [5.74, 6) is 0.0828. The number of hydrogen-bond donors (Lipinski definition) is 0. The summed E-state index contributed by atoms with van der Waals surface area (Å²) in [7, 11) is 0. The number of aromatic nitrogens is 1. The summed E-state index contributed by atoms with van der Waals surface area (Å²) >= 11 is 0. The van der Waals surface area contributed by atoms with Gasteiger partial charge in [-0.1, -0.05) is 35.5 Å². The van der Waals surface area contributed by atoms with Crippen LogP contribution < -0.4 is 0 Å². The fourth-order valence-electron chi connectivity index (χ4n) is 2.92. The molecule has 0 bridgehead atoms. The Balaban J connectivity index is 1.43. The zero-order valence-corrected chi connectivity index (χ0v) is 14.8. The van der Waals surface area contributed by atoms with E-state index in [9.17, 15) is 9.59 Å². The molecule has 0 unspecified atom stereocenters. The number of ether oxygens (including phenoxy) is 1. The molecule has 1 aromatic carbocycles. The van der Waals surface area contributed by atoms with Gasteiger partial charge < -0.3 is 14.2 Å². The Labute approximate surface area is 152 Å². The highest BCUT2D eigenvalue weighted by molar-refractivity contribution is 5.92. The number of aryl methyl sites for hydroxylation is 1. The number of esters is 1. The molecule has 0 spiro atoms. The average molecular weight is 354 g/mol. The summed E-state index contributed by atoms with van der Waals surface area (Å²) in [6.45, 7) is 3.02. The Morgan fingerprint density at radius 2 is 2.00 bits per heavy atom. The van der Waals surface area contributed by atoms with E-state index < -0.39 is 0 Å². The first-order valence-corrected chi connectivity index (χ1v) is 8.72. The Morgan fingerprint density at radius 1 is 1.27 bits per heavy atom. The van der Waals surface area contributed by atoms with Crippen molar-refractivity contribution in [3.63, 3.8) is 0 Å². The smallest absolute Gasteiger partial charge is 0.309 e. The van der Waals surface area contributed by atoms with Crippen molar-refractivity contribution in [3.05, 3.63) is 59.5 Å². The first-order valence-electron chi connectivity index (χ1n) is 8.72. The Hall–Kier alpha value is -2.89. The minimum atomic E-state index is -0.244. The summed E-state index contributed by atoms with van der Waals surface area (Å²) in [6.07, 6.45) is 4.61. The Morgan fingerprint density at radius 3 is 2.65 bits per heavy atom. The van der Waals surface area contributed by atoms with Crippen LogP contribution >= 0.6 is 0 Å². The number of carbonyl (C=O) groups excluding carboxylic acids is 2. The molecular weight excluding hydrogens is 332 g/mol. The fourth-order valence-corrected chi connectivity index (χ4v) is 2.92. The topological polar surface area (TPSA) is 72.6 Å². The van der Waals surface area contributed by atoms with Gasteiger partial charge in [0, 0.05) is 25.2 Å². The predicted molar refractivity (Wildman–Crippen MR) is 95.8 cm³/mol. The summed E-state index contributed by atoms with van der Waals surface area (Å²) in [4.78, 5) is 26.2. The quantitative estimate of drug-likeness (QED) is 0.610. The number of hydrogen-bond acceptors (Lipinski definition) is 5. The van der Waals surface area contributed by atoms with E-state index in [2.05, 4.69) is 5.16 Å². The van der Waals surface area contributed by atoms with Crippen molar-refractivity contribution in [2.45, 2.75) is 26.4 Å². The molecule has 1 amide bonds. The minimum absolute atomic E-state index is 0.0298. The number of amides is 1. The monoisotopic (exact) mass is 354 g/mol. The van der Waals surface area contributed by atoms with Crippen LogP contribution in [0.1, 0.15) is 29.9 Å². The summed E-state index contributed by atoms with van der Waals surface area (Å²) in [5.41, 5.74) is 1.74. The third kappa shape index (κ3) is 4.81. The van der Waals surface area contributed by atoms with E-state index in [0.29, 0.717) is 31.7 Å². The van der Waals surface area contributed by atoms with Gasteiger partial charge in [0.1, 0.15) is 0 Å². The van der Waals surface area contributed by atoms with Gasteiger partial charge in [-0.05, 0) is 31.4 Å². The molecule has 1 fully saturated rings. The molecule has 0 radical (unpaired) electrons. The Kier molecular flexibility index (Phi) is 5.84. The van der Waals surface area contributed by atoms with Crippen LogP contribution in [0.25, 0.3) is 6.08 Å². The zero-order valence-electron chi connectivity index (χ0n) is 14.8. The zero-order chi connectivity index (χ0) is 18.4.